The highest BCUT2D eigenvalue weighted by Gasteiger charge is 2.18. The molecule has 0 saturated carbocycles. The highest BCUT2D eigenvalue weighted by molar-refractivity contribution is 6.31. The van der Waals surface area contributed by atoms with E-state index in [0.29, 0.717) is 27.6 Å². The van der Waals surface area contributed by atoms with Gasteiger partial charge in [0.15, 0.2) is 18.2 Å². The molecule has 5 aromatic rings. The van der Waals surface area contributed by atoms with E-state index in [9.17, 15) is 9.59 Å². The molecule has 4 aromatic carbocycles. The van der Waals surface area contributed by atoms with Crippen LogP contribution in [0.2, 0.25) is 5.02 Å². The van der Waals surface area contributed by atoms with Crippen molar-refractivity contribution in [2.24, 2.45) is 0 Å². The second-order valence-electron chi connectivity index (χ2n) is 8.24. The lowest BCUT2D eigenvalue weighted by molar-refractivity contribution is 0.102. The smallest absolute Gasteiger partial charge is 0.276 e. The molecular formula is C30H22ClN3O3. The lowest BCUT2D eigenvalue weighted by Gasteiger charge is -2.10. The topological polar surface area (TPSA) is 73.2 Å². The van der Waals surface area contributed by atoms with Gasteiger partial charge < -0.3 is 10.1 Å². The highest BCUT2D eigenvalue weighted by atomic mass is 35.5. The molecule has 0 atom stereocenters. The molecule has 37 heavy (non-hydrogen) atoms. The van der Waals surface area contributed by atoms with E-state index in [2.05, 4.69) is 22.5 Å². The molecule has 0 radical (unpaired) electrons. The Bertz CT molecular complexity index is 1530. The maximum atomic E-state index is 13.0. The van der Waals surface area contributed by atoms with Crippen LogP contribution in [0.25, 0.3) is 11.1 Å². The molecule has 182 valence electrons. The summed E-state index contributed by atoms with van der Waals surface area (Å²) in [6.45, 7) is 0.136. The van der Waals surface area contributed by atoms with Crippen molar-refractivity contribution >= 4 is 29.0 Å². The normalized spacial score (nSPS) is 10.6. The zero-order valence-corrected chi connectivity index (χ0v) is 20.4. The van der Waals surface area contributed by atoms with E-state index in [1.807, 2.05) is 48.5 Å². The number of nitrogens with zero attached hydrogens (tertiary/aromatic N) is 2. The standard InChI is InChI=1S/C30H22ClN3O3/c31-24-13-16-27(26(19-24)29(35)23-9-5-2-6-10-23)32-30(36)28-17-18-34(33-28)20-37-25-14-11-22(12-15-25)21-7-3-1-4-8-21/h1-19H,20H2,(H,32,36). The van der Waals surface area contributed by atoms with Crippen LogP contribution in [-0.4, -0.2) is 21.5 Å². The van der Waals surface area contributed by atoms with Crippen molar-refractivity contribution in [3.05, 3.63) is 137 Å². The van der Waals surface area contributed by atoms with E-state index >= 15 is 0 Å². The van der Waals surface area contributed by atoms with Gasteiger partial charge in [0.25, 0.3) is 5.91 Å². The zero-order valence-electron chi connectivity index (χ0n) is 19.7. The predicted octanol–water partition coefficient (Wildman–Crippen LogP) is 6.72. The minimum Gasteiger partial charge on any atom is -0.471 e. The lowest BCUT2D eigenvalue weighted by atomic mass is 10.0. The number of hydrogen-bond acceptors (Lipinski definition) is 4. The minimum absolute atomic E-state index is 0.136. The monoisotopic (exact) mass is 507 g/mol. The number of nitrogens with one attached hydrogen (secondary N) is 1. The molecule has 0 aliphatic heterocycles. The largest absolute Gasteiger partial charge is 0.471 e. The number of ether oxygens (including phenoxy) is 1. The number of halogens is 1. The summed E-state index contributed by atoms with van der Waals surface area (Å²) in [4.78, 5) is 25.9. The van der Waals surface area contributed by atoms with E-state index in [-0.39, 0.29) is 18.2 Å². The van der Waals surface area contributed by atoms with Gasteiger partial charge in [0.1, 0.15) is 5.75 Å². The average molecular weight is 508 g/mol. The Balaban J connectivity index is 1.24. The van der Waals surface area contributed by atoms with E-state index in [1.54, 1.807) is 54.7 Å². The third-order valence-electron chi connectivity index (χ3n) is 5.71. The molecule has 0 fully saturated rings. The number of anilines is 1. The van der Waals surface area contributed by atoms with Crippen LogP contribution in [0.4, 0.5) is 5.69 Å². The zero-order chi connectivity index (χ0) is 25.6. The van der Waals surface area contributed by atoms with Crippen LogP contribution >= 0.6 is 11.6 Å². The van der Waals surface area contributed by atoms with Crippen molar-refractivity contribution in [3.8, 4) is 16.9 Å². The Hall–Kier alpha value is -4.68. The van der Waals surface area contributed by atoms with Gasteiger partial charge in [-0.2, -0.15) is 5.10 Å². The maximum absolute atomic E-state index is 13.0. The molecule has 7 heteroatoms. The fraction of sp³-hybridized carbons (Fsp3) is 0.0333. The number of amides is 1. The molecule has 0 bridgehead atoms. The highest BCUT2D eigenvalue weighted by Crippen LogP contribution is 2.25. The number of ketones is 1. The fourth-order valence-electron chi connectivity index (χ4n) is 3.81. The van der Waals surface area contributed by atoms with Crippen LogP contribution < -0.4 is 10.1 Å². The summed E-state index contributed by atoms with van der Waals surface area (Å²) in [5.74, 6) is -0.00239. The van der Waals surface area contributed by atoms with E-state index in [1.165, 1.54) is 4.68 Å². The fourth-order valence-corrected chi connectivity index (χ4v) is 3.99. The van der Waals surface area contributed by atoms with Crippen LogP contribution in [0.3, 0.4) is 0 Å². The van der Waals surface area contributed by atoms with Crippen molar-refractivity contribution < 1.29 is 14.3 Å². The molecule has 1 amide bonds. The van der Waals surface area contributed by atoms with E-state index in [4.69, 9.17) is 16.3 Å². The van der Waals surface area contributed by atoms with Crippen LogP contribution in [-0.2, 0) is 6.73 Å². The third kappa shape index (κ3) is 5.77. The lowest BCUT2D eigenvalue weighted by Crippen LogP contribution is -2.16. The molecule has 0 spiro atoms. The first-order chi connectivity index (χ1) is 18.1. The van der Waals surface area contributed by atoms with Gasteiger partial charge in [-0.05, 0) is 47.5 Å². The predicted molar refractivity (Wildman–Crippen MR) is 144 cm³/mol. The van der Waals surface area contributed by atoms with Crippen molar-refractivity contribution in [2.75, 3.05) is 5.32 Å². The van der Waals surface area contributed by atoms with Gasteiger partial charge in [0.2, 0.25) is 0 Å². The summed E-state index contributed by atoms with van der Waals surface area (Å²) in [6.07, 6.45) is 1.66. The Morgan fingerprint density at radius 2 is 1.49 bits per heavy atom. The maximum Gasteiger partial charge on any atom is 0.276 e. The molecule has 1 aromatic heterocycles. The number of hydrogen-bond donors (Lipinski definition) is 1. The molecule has 5 rings (SSSR count). The Labute approximate surface area is 219 Å². The van der Waals surface area contributed by atoms with Crippen molar-refractivity contribution in [2.45, 2.75) is 6.73 Å². The van der Waals surface area contributed by atoms with Gasteiger partial charge in [-0.3, -0.25) is 9.59 Å². The van der Waals surface area contributed by atoms with Gasteiger partial charge in [-0.1, -0.05) is 84.4 Å². The SMILES string of the molecule is O=C(Nc1ccc(Cl)cc1C(=O)c1ccccc1)c1ccn(COc2ccc(-c3ccccc3)cc2)n1. The third-order valence-corrected chi connectivity index (χ3v) is 5.94. The molecule has 6 nitrogen and oxygen atoms in total. The number of carbonyl (C=O) groups excluding carboxylic acids is 2. The van der Waals surface area contributed by atoms with Gasteiger partial charge in [-0.25, -0.2) is 4.68 Å². The molecule has 0 aliphatic rings. The summed E-state index contributed by atoms with van der Waals surface area (Å²) in [5, 5.41) is 7.48. The molecule has 0 unspecified atom stereocenters. The number of carbonyl (C=O) groups is 2. The van der Waals surface area contributed by atoms with Gasteiger partial charge in [-0.15, -0.1) is 0 Å². The van der Waals surface area contributed by atoms with Gasteiger partial charge >= 0.3 is 0 Å². The summed E-state index contributed by atoms with van der Waals surface area (Å²) in [7, 11) is 0. The van der Waals surface area contributed by atoms with E-state index in [0.717, 1.165) is 11.1 Å². The molecule has 0 saturated heterocycles. The Kier molecular flexibility index (Phi) is 7.10. The van der Waals surface area contributed by atoms with Crippen molar-refractivity contribution in [1.82, 2.24) is 9.78 Å². The van der Waals surface area contributed by atoms with Crippen molar-refractivity contribution in [3.63, 3.8) is 0 Å². The van der Waals surface area contributed by atoms with Gasteiger partial charge in [0.05, 0.1) is 5.69 Å². The van der Waals surface area contributed by atoms with Crippen LogP contribution in [0.1, 0.15) is 26.4 Å². The summed E-state index contributed by atoms with van der Waals surface area (Å²) in [6, 6.07) is 33.0. The first-order valence-corrected chi connectivity index (χ1v) is 12.0. The molecule has 1 N–H and O–H groups in total. The Morgan fingerprint density at radius 1 is 0.811 bits per heavy atom. The second kappa shape index (κ2) is 10.9. The first-order valence-electron chi connectivity index (χ1n) is 11.6. The van der Waals surface area contributed by atoms with Crippen LogP contribution in [0, 0.1) is 0 Å². The summed E-state index contributed by atoms with van der Waals surface area (Å²) < 4.78 is 7.34. The number of benzene rings is 4. The van der Waals surface area contributed by atoms with E-state index < -0.39 is 5.91 Å². The number of rotatable bonds is 8. The molecular weight excluding hydrogens is 486 g/mol. The van der Waals surface area contributed by atoms with Gasteiger partial charge in [0, 0.05) is 22.3 Å². The minimum atomic E-state index is -0.449. The summed E-state index contributed by atoms with van der Waals surface area (Å²) in [5.41, 5.74) is 3.57. The molecule has 0 aliphatic carbocycles. The first kappa shape index (κ1) is 24.0. The molecule has 1 heterocycles. The second-order valence-corrected chi connectivity index (χ2v) is 8.68. The quantitative estimate of drug-likeness (QED) is 0.236. The van der Waals surface area contributed by atoms with Crippen LogP contribution in [0.5, 0.6) is 5.75 Å². The summed E-state index contributed by atoms with van der Waals surface area (Å²) >= 11 is 6.14. The average Bonchev–Trinajstić information content (AvgIpc) is 3.43. The number of aromatic nitrogens is 2. The Morgan fingerprint density at radius 3 is 2.22 bits per heavy atom. The van der Waals surface area contributed by atoms with Crippen LogP contribution in [0.15, 0.2) is 115 Å². The van der Waals surface area contributed by atoms with Crippen molar-refractivity contribution in [1.29, 1.82) is 0 Å².